The maximum absolute atomic E-state index is 10.2. The van der Waals surface area contributed by atoms with Gasteiger partial charge in [0.05, 0.1) is 7.11 Å². The molecule has 7 nitrogen and oxygen atoms in total. The van der Waals surface area contributed by atoms with Gasteiger partial charge in [0.2, 0.25) is 0 Å². The lowest BCUT2D eigenvalue weighted by atomic mass is 9.88. The smallest absolute Gasteiger partial charge is 0.182 e. The molecule has 2 aromatic heterocycles. The van der Waals surface area contributed by atoms with E-state index in [1.165, 1.54) is 70.3 Å². The number of aromatic hydroxyl groups is 1. The van der Waals surface area contributed by atoms with Gasteiger partial charge in [0.25, 0.3) is 0 Å². The second-order valence-corrected chi connectivity index (χ2v) is 10.4. The Morgan fingerprint density at radius 2 is 1.59 bits per heavy atom. The van der Waals surface area contributed by atoms with Crippen LogP contribution in [0, 0.1) is 6.92 Å². The van der Waals surface area contributed by atoms with E-state index in [4.69, 9.17) is 14.8 Å². The van der Waals surface area contributed by atoms with Gasteiger partial charge < -0.3 is 19.6 Å². The Morgan fingerprint density at radius 3 is 2.24 bits per heavy atom. The van der Waals surface area contributed by atoms with Crippen molar-refractivity contribution in [1.82, 2.24) is 24.4 Å². The molecule has 0 unspecified atom stereocenters. The summed E-state index contributed by atoms with van der Waals surface area (Å²) < 4.78 is 7.08. The number of hydrogen-bond donors (Lipinski definition) is 1. The van der Waals surface area contributed by atoms with Gasteiger partial charge in [-0.05, 0) is 107 Å². The van der Waals surface area contributed by atoms with Gasteiger partial charge in [0.1, 0.15) is 0 Å². The number of methoxy groups -OCH3 is 1. The van der Waals surface area contributed by atoms with Crippen molar-refractivity contribution in [3.63, 3.8) is 0 Å². The first-order valence-electron chi connectivity index (χ1n) is 12.8. The molecule has 6 rings (SSSR count). The topological polar surface area (TPSA) is 66.1 Å². The molecule has 7 heteroatoms. The van der Waals surface area contributed by atoms with Gasteiger partial charge in [0.15, 0.2) is 23.0 Å². The highest BCUT2D eigenvalue weighted by Gasteiger charge is 2.34. The Kier molecular flexibility index (Phi) is 5.70. The molecule has 4 heterocycles. The number of pyridine rings is 1. The number of hydrogen-bond acceptors (Lipinski definition) is 6. The first-order valence-corrected chi connectivity index (χ1v) is 12.8. The normalized spacial score (nSPS) is 21.4. The summed E-state index contributed by atoms with van der Waals surface area (Å²) in [6.07, 6.45) is 10.1. The van der Waals surface area contributed by atoms with Crippen LogP contribution in [0.1, 0.15) is 55.6 Å². The van der Waals surface area contributed by atoms with Crippen molar-refractivity contribution in [3.05, 3.63) is 41.6 Å². The molecule has 1 aromatic carbocycles. The van der Waals surface area contributed by atoms with E-state index in [1.807, 2.05) is 10.6 Å². The van der Waals surface area contributed by atoms with Crippen LogP contribution in [-0.2, 0) is 0 Å². The number of rotatable bonds is 5. The molecule has 0 atom stereocenters. The minimum absolute atomic E-state index is 0.0984. The van der Waals surface area contributed by atoms with E-state index in [0.717, 1.165) is 28.9 Å². The number of aryl methyl sites for hydroxylation is 1. The number of fused-ring (bicyclic) bond motifs is 1. The molecule has 0 bridgehead atoms. The maximum Gasteiger partial charge on any atom is 0.182 e. The van der Waals surface area contributed by atoms with Crippen LogP contribution < -0.4 is 4.74 Å². The number of ether oxygens (including phenoxy) is 1. The number of nitrogens with zero attached hydrogens (tertiary/aromatic N) is 5. The average Bonchev–Trinajstić information content (AvgIpc) is 3.62. The second-order valence-electron chi connectivity index (χ2n) is 10.4. The zero-order valence-electron chi connectivity index (χ0n) is 20.3. The zero-order chi connectivity index (χ0) is 23.2. The summed E-state index contributed by atoms with van der Waals surface area (Å²) >= 11 is 0. The summed E-state index contributed by atoms with van der Waals surface area (Å²) in [6, 6.07) is 9.28. The molecule has 3 aromatic rings. The molecule has 1 saturated carbocycles. The maximum atomic E-state index is 10.2. The minimum Gasteiger partial charge on any atom is -0.504 e. The number of aromatic nitrogens is 3. The predicted molar refractivity (Wildman–Crippen MR) is 133 cm³/mol. The van der Waals surface area contributed by atoms with Crippen LogP contribution in [0.15, 0.2) is 30.5 Å². The second kappa shape index (κ2) is 8.86. The molecule has 3 fully saturated rings. The fourth-order valence-corrected chi connectivity index (χ4v) is 6.00. The van der Waals surface area contributed by atoms with Crippen molar-refractivity contribution in [2.75, 3.05) is 33.3 Å². The van der Waals surface area contributed by atoms with Crippen molar-refractivity contribution >= 4 is 5.65 Å². The van der Waals surface area contributed by atoms with E-state index < -0.39 is 0 Å². The van der Waals surface area contributed by atoms with Gasteiger partial charge in [-0.2, -0.15) is 0 Å². The number of phenols is 1. The standard InChI is InChI=1S/C27H35N5O2/c1-18-15-21(17-32-27(18)28-26(29-32)20-3-6-25(34-2)24(33)16-20)19-7-11-30(12-8-19)23-9-13-31(14-10-23)22-4-5-22/h3,6,15-17,19,22-23,33H,4-5,7-14H2,1-2H3. The van der Waals surface area contributed by atoms with E-state index in [1.54, 1.807) is 19.2 Å². The summed E-state index contributed by atoms with van der Waals surface area (Å²) in [5, 5.41) is 14.9. The fraction of sp³-hybridized carbons (Fsp3) is 0.556. The van der Waals surface area contributed by atoms with Gasteiger partial charge in [0, 0.05) is 23.8 Å². The van der Waals surface area contributed by atoms with Crippen molar-refractivity contribution in [1.29, 1.82) is 0 Å². The van der Waals surface area contributed by atoms with Crippen LogP contribution in [0.3, 0.4) is 0 Å². The largest absolute Gasteiger partial charge is 0.504 e. The summed E-state index contributed by atoms with van der Waals surface area (Å²) in [5.41, 5.74) is 4.16. The highest BCUT2D eigenvalue weighted by Crippen LogP contribution is 2.35. The highest BCUT2D eigenvalue weighted by atomic mass is 16.5. The van der Waals surface area contributed by atoms with Gasteiger partial charge in [-0.15, -0.1) is 5.10 Å². The van der Waals surface area contributed by atoms with E-state index in [-0.39, 0.29) is 5.75 Å². The molecule has 2 aliphatic heterocycles. The van der Waals surface area contributed by atoms with Crippen LogP contribution in [0.25, 0.3) is 17.0 Å². The summed E-state index contributed by atoms with van der Waals surface area (Å²) in [4.78, 5) is 10.2. The number of benzene rings is 1. The van der Waals surface area contributed by atoms with Crippen LogP contribution in [-0.4, -0.2) is 74.9 Å². The third-order valence-corrected chi connectivity index (χ3v) is 8.16. The van der Waals surface area contributed by atoms with Crippen LogP contribution >= 0.6 is 0 Å². The summed E-state index contributed by atoms with van der Waals surface area (Å²) in [6.45, 7) is 7.11. The lowest BCUT2D eigenvalue weighted by Gasteiger charge is -2.42. The molecule has 0 radical (unpaired) electrons. The molecule has 1 N–H and O–H groups in total. The minimum atomic E-state index is 0.0984. The molecule has 180 valence electrons. The molecule has 3 aliphatic rings. The lowest BCUT2D eigenvalue weighted by molar-refractivity contribution is 0.0843. The monoisotopic (exact) mass is 461 g/mol. The van der Waals surface area contributed by atoms with E-state index in [9.17, 15) is 5.11 Å². The van der Waals surface area contributed by atoms with Gasteiger partial charge >= 0.3 is 0 Å². The molecule has 2 saturated heterocycles. The summed E-state index contributed by atoms with van der Waals surface area (Å²) in [5.74, 6) is 1.74. The van der Waals surface area contributed by atoms with Crippen LogP contribution in [0.5, 0.6) is 11.5 Å². The predicted octanol–water partition coefficient (Wildman–Crippen LogP) is 4.23. The molecule has 0 spiro atoms. The Morgan fingerprint density at radius 1 is 0.912 bits per heavy atom. The Balaban J connectivity index is 1.14. The molecule has 34 heavy (non-hydrogen) atoms. The third kappa shape index (κ3) is 4.16. The lowest BCUT2D eigenvalue weighted by Crippen LogP contribution is -2.47. The number of phenolic OH excluding ortho intramolecular Hbond substituents is 1. The van der Waals surface area contributed by atoms with E-state index in [0.29, 0.717) is 17.5 Å². The van der Waals surface area contributed by atoms with Gasteiger partial charge in [-0.1, -0.05) is 6.07 Å². The van der Waals surface area contributed by atoms with E-state index in [2.05, 4.69) is 29.0 Å². The molecule has 1 aliphatic carbocycles. The molecular weight excluding hydrogens is 426 g/mol. The van der Waals surface area contributed by atoms with Gasteiger partial charge in [-0.3, -0.25) is 0 Å². The average molecular weight is 462 g/mol. The van der Waals surface area contributed by atoms with Crippen LogP contribution in [0.2, 0.25) is 0 Å². The Bertz CT molecular complexity index is 1170. The molecular formula is C27H35N5O2. The number of piperidine rings is 2. The SMILES string of the molecule is COc1ccc(-c2nc3c(C)cc(C4CCN(C5CCN(C6CC6)CC5)CC4)cn3n2)cc1O. The Labute approximate surface area is 201 Å². The van der Waals surface area contributed by atoms with Crippen molar-refractivity contribution < 1.29 is 9.84 Å². The van der Waals surface area contributed by atoms with Crippen molar-refractivity contribution in [2.45, 2.75) is 63.5 Å². The van der Waals surface area contributed by atoms with Crippen molar-refractivity contribution in [2.24, 2.45) is 0 Å². The number of likely N-dealkylation sites (tertiary alicyclic amines) is 2. The first kappa shape index (κ1) is 21.9. The zero-order valence-corrected chi connectivity index (χ0v) is 20.3. The summed E-state index contributed by atoms with van der Waals surface area (Å²) in [7, 11) is 1.55. The van der Waals surface area contributed by atoms with Crippen LogP contribution in [0.4, 0.5) is 0 Å². The quantitative estimate of drug-likeness (QED) is 0.614. The van der Waals surface area contributed by atoms with Gasteiger partial charge in [-0.25, -0.2) is 9.50 Å². The van der Waals surface area contributed by atoms with E-state index >= 15 is 0 Å². The van der Waals surface area contributed by atoms with Crippen molar-refractivity contribution in [3.8, 4) is 22.9 Å². The third-order valence-electron chi connectivity index (χ3n) is 8.16. The first-order chi connectivity index (χ1) is 16.6. The Hall–Kier alpha value is -2.64. The fourth-order valence-electron chi connectivity index (χ4n) is 6.00. The molecule has 0 amide bonds. The highest BCUT2D eigenvalue weighted by molar-refractivity contribution is 5.63.